The number of methoxy groups -OCH3 is 2. The molecule has 0 spiro atoms. The highest BCUT2D eigenvalue weighted by Crippen LogP contribution is 2.15. The van der Waals surface area contributed by atoms with Crippen LogP contribution < -0.4 is 0 Å². The van der Waals surface area contributed by atoms with Gasteiger partial charge in [-0.3, -0.25) is 0 Å². The maximum atomic E-state index is 11.6. The van der Waals surface area contributed by atoms with E-state index in [1.165, 1.54) is 20.3 Å². The zero-order chi connectivity index (χ0) is 17.7. The average Bonchev–Trinajstić information content (AvgIpc) is 3.13. The number of ether oxygens (including phenoxy) is 2. The van der Waals surface area contributed by atoms with E-state index in [1.54, 1.807) is 19.9 Å². The molecule has 0 amide bonds. The van der Waals surface area contributed by atoms with Crippen LogP contribution in [-0.2, 0) is 9.47 Å². The summed E-state index contributed by atoms with van der Waals surface area (Å²) in [6.07, 6.45) is 0. The van der Waals surface area contributed by atoms with E-state index in [0.717, 1.165) is 0 Å². The summed E-state index contributed by atoms with van der Waals surface area (Å²) in [7, 11) is 2.53. The molecule has 0 aliphatic heterocycles. The molecule has 0 atom stereocenters. The summed E-state index contributed by atoms with van der Waals surface area (Å²) in [6, 6.07) is 3.11. The Labute approximate surface area is 138 Å². The number of aryl methyl sites for hydroxylation is 2. The molecule has 0 aliphatic carbocycles. The fourth-order valence-electron chi connectivity index (χ4n) is 1.86. The number of rotatable bonds is 2. The van der Waals surface area contributed by atoms with Gasteiger partial charge >= 0.3 is 11.9 Å². The van der Waals surface area contributed by atoms with Crippen molar-refractivity contribution in [3.8, 4) is 23.7 Å². The van der Waals surface area contributed by atoms with E-state index in [4.69, 9.17) is 8.83 Å². The van der Waals surface area contributed by atoms with Crippen molar-refractivity contribution in [2.45, 2.75) is 13.8 Å². The van der Waals surface area contributed by atoms with Crippen LogP contribution in [0.4, 0.5) is 0 Å². The van der Waals surface area contributed by atoms with Gasteiger partial charge in [0.05, 0.1) is 25.3 Å². The molecule has 2 aromatic heterocycles. The third-order valence-corrected chi connectivity index (χ3v) is 2.99. The molecule has 0 aromatic carbocycles. The van der Waals surface area contributed by atoms with Gasteiger partial charge in [0.25, 0.3) is 0 Å². The Morgan fingerprint density at radius 3 is 2.17 bits per heavy atom. The van der Waals surface area contributed by atoms with Gasteiger partial charge in [-0.15, -0.1) is 0 Å². The third-order valence-electron chi connectivity index (χ3n) is 2.99. The largest absolute Gasteiger partial charge is 0.463 e. The SMILES string of the molecule is COC(=O)c1cc(C#CC#Cc2cc(C)oc2C(=O)OC)c(C)o1. The summed E-state index contributed by atoms with van der Waals surface area (Å²) >= 11 is 0. The van der Waals surface area contributed by atoms with Crippen LogP contribution in [-0.4, -0.2) is 26.2 Å². The second-order valence-corrected chi connectivity index (χ2v) is 4.66. The molecule has 2 aromatic rings. The Bertz CT molecular complexity index is 905. The van der Waals surface area contributed by atoms with Crippen molar-refractivity contribution in [1.29, 1.82) is 0 Å². The first kappa shape index (κ1) is 17.0. The van der Waals surface area contributed by atoms with Crippen LogP contribution in [0.3, 0.4) is 0 Å². The second-order valence-electron chi connectivity index (χ2n) is 4.66. The van der Waals surface area contributed by atoms with E-state index in [-0.39, 0.29) is 11.5 Å². The maximum absolute atomic E-state index is 11.6. The van der Waals surface area contributed by atoms with Crippen molar-refractivity contribution in [2.24, 2.45) is 0 Å². The minimum Gasteiger partial charge on any atom is -0.463 e. The molecule has 0 saturated carbocycles. The van der Waals surface area contributed by atoms with Crippen molar-refractivity contribution < 1.29 is 27.9 Å². The van der Waals surface area contributed by atoms with Gasteiger partial charge in [0, 0.05) is 6.07 Å². The van der Waals surface area contributed by atoms with Crippen molar-refractivity contribution in [1.82, 2.24) is 0 Å². The summed E-state index contributed by atoms with van der Waals surface area (Å²) in [5, 5.41) is 0. The van der Waals surface area contributed by atoms with E-state index in [9.17, 15) is 9.59 Å². The minimum absolute atomic E-state index is 0.0387. The zero-order valence-electron chi connectivity index (χ0n) is 13.6. The number of hydrogen-bond donors (Lipinski definition) is 0. The Morgan fingerprint density at radius 1 is 0.917 bits per heavy atom. The lowest BCUT2D eigenvalue weighted by molar-refractivity contribution is 0.0555. The molecule has 6 nitrogen and oxygen atoms in total. The van der Waals surface area contributed by atoms with Gasteiger partial charge in [-0.2, -0.15) is 0 Å². The highest BCUT2D eigenvalue weighted by molar-refractivity contribution is 5.89. The van der Waals surface area contributed by atoms with Gasteiger partial charge in [-0.25, -0.2) is 9.59 Å². The van der Waals surface area contributed by atoms with Crippen molar-refractivity contribution in [3.63, 3.8) is 0 Å². The van der Waals surface area contributed by atoms with E-state index >= 15 is 0 Å². The van der Waals surface area contributed by atoms with E-state index < -0.39 is 11.9 Å². The van der Waals surface area contributed by atoms with Crippen LogP contribution in [0.5, 0.6) is 0 Å². The van der Waals surface area contributed by atoms with E-state index in [2.05, 4.69) is 33.2 Å². The van der Waals surface area contributed by atoms with Crippen LogP contribution in [0, 0.1) is 37.5 Å². The first-order valence-corrected chi connectivity index (χ1v) is 6.85. The fraction of sp³-hybridized carbons (Fsp3) is 0.222. The molecule has 2 heterocycles. The topological polar surface area (TPSA) is 78.9 Å². The van der Waals surface area contributed by atoms with E-state index in [1.807, 2.05) is 0 Å². The molecular weight excluding hydrogens is 312 g/mol. The normalized spacial score (nSPS) is 9.33. The van der Waals surface area contributed by atoms with Gasteiger partial charge < -0.3 is 18.3 Å². The van der Waals surface area contributed by atoms with Crippen LogP contribution >= 0.6 is 0 Å². The Morgan fingerprint density at radius 2 is 1.54 bits per heavy atom. The molecule has 0 radical (unpaired) electrons. The molecule has 0 aliphatic rings. The molecule has 122 valence electrons. The van der Waals surface area contributed by atoms with Gasteiger partial charge in [0.15, 0.2) is 0 Å². The van der Waals surface area contributed by atoms with Crippen LogP contribution in [0.1, 0.15) is 43.8 Å². The smallest absolute Gasteiger partial charge is 0.375 e. The molecule has 6 heteroatoms. The predicted molar refractivity (Wildman–Crippen MR) is 83.3 cm³/mol. The minimum atomic E-state index is -0.603. The number of hydrogen-bond acceptors (Lipinski definition) is 6. The summed E-state index contributed by atoms with van der Waals surface area (Å²) in [4.78, 5) is 22.9. The van der Waals surface area contributed by atoms with Crippen LogP contribution in [0.2, 0.25) is 0 Å². The number of carbonyl (C=O) groups excluding carboxylic acids is 2. The molecule has 0 fully saturated rings. The quantitative estimate of drug-likeness (QED) is 0.623. The summed E-state index contributed by atoms with van der Waals surface area (Å²) in [5.74, 6) is 10.7. The van der Waals surface area contributed by atoms with Crippen molar-refractivity contribution >= 4 is 11.9 Å². The lowest BCUT2D eigenvalue weighted by Crippen LogP contribution is -2.01. The lowest BCUT2D eigenvalue weighted by atomic mass is 10.2. The third kappa shape index (κ3) is 3.68. The first-order valence-electron chi connectivity index (χ1n) is 6.85. The Balaban J connectivity index is 2.24. The van der Waals surface area contributed by atoms with Gasteiger partial charge in [0.2, 0.25) is 11.5 Å². The first-order chi connectivity index (χ1) is 11.5. The fourth-order valence-corrected chi connectivity index (χ4v) is 1.86. The summed E-state index contributed by atoms with van der Waals surface area (Å²) in [5.41, 5.74) is 0.925. The lowest BCUT2D eigenvalue weighted by Gasteiger charge is -1.93. The van der Waals surface area contributed by atoms with E-state index in [0.29, 0.717) is 22.6 Å². The highest BCUT2D eigenvalue weighted by Gasteiger charge is 2.16. The monoisotopic (exact) mass is 326 g/mol. The summed E-state index contributed by atoms with van der Waals surface area (Å²) in [6.45, 7) is 3.38. The average molecular weight is 326 g/mol. The van der Waals surface area contributed by atoms with Gasteiger partial charge in [-0.1, -0.05) is 0 Å². The van der Waals surface area contributed by atoms with Crippen LogP contribution in [0.15, 0.2) is 21.0 Å². The highest BCUT2D eigenvalue weighted by atomic mass is 16.5. The molecule has 0 saturated heterocycles. The second kappa shape index (κ2) is 7.26. The summed E-state index contributed by atoms with van der Waals surface area (Å²) < 4.78 is 19.7. The molecule has 0 N–H and O–H groups in total. The number of carbonyl (C=O) groups is 2. The maximum Gasteiger partial charge on any atom is 0.375 e. The van der Waals surface area contributed by atoms with Crippen LogP contribution in [0.25, 0.3) is 0 Å². The molecule has 0 unspecified atom stereocenters. The Kier molecular flexibility index (Phi) is 5.13. The molecule has 0 bridgehead atoms. The number of esters is 2. The van der Waals surface area contributed by atoms with Crippen molar-refractivity contribution in [3.05, 3.63) is 46.3 Å². The predicted octanol–water partition coefficient (Wildman–Crippen LogP) is 2.47. The van der Waals surface area contributed by atoms with Gasteiger partial charge in [-0.05, 0) is 43.6 Å². The number of furan rings is 2. The molecule has 2 rings (SSSR count). The standard InChI is InChI=1S/C18H14O6/c1-11-9-14(16(23-11)18(20)22-4)8-6-5-7-13-10-15(17(19)21-3)24-12(13)2/h9-10H,1-4H3. The zero-order valence-corrected chi connectivity index (χ0v) is 13.6. The molecule has 24 heavy (non-hydrogen) atoms. The Hall–Kier alpha value is -3.38. The molecular formula is C18H14O6. The van der Waals surface area contributed by atoms with Crippen molar-refractivity contribution in [2.75, 3.05) is 14.2 Å². The van der Waals surface area contributed by atoms with Gasteiger partial charge in [0.1, 0.15) is 11.5 Å².